The Morgan fingerprint density at radius 1 is 1.18 bits per heavy atom. The molecule has 0 atom stereocenters. The molecule has 1 aliphatic carbocycles. The lowest BCUT2D eigenvalue weighted by molar-refractivity contribution is -0.185. The van der Waals surface area contributed by atoms with Gasteiger partial charge in [0.2, 0.25) is 5.91 Å². The molecule has 0 radical (unpaired) electrons. The SMILES string of the molecule is O=C(C1CCC(C(F)(F)F)CC1)N1CCn2c(n[nH]c2=O)C1. The summed E-state index contributed by atoms with van der Waals surface area (Å²) in [6, 6.07) is 0. The minimum atomic E-state index is -4.16. The summed E-state index contributed by atoms with van der Waals surface area (Å²) in [5, 5.41) is 6.20. The van der Waals surface area contributed by atoms with Gasteiger partial charge in [0.25, 0.3) is 0 Å². The molecule has 0 spiro atoms. The second-order valence-corrected chi connectivity index (χ2v) is 5.95. The number of aromatic nitrogens is 3. The maximum Gasteiger partial charge on any atom is 0.391 e. The Bertz CT molecular complexity index is 614. The number of H-pyrrole nitrogens is 1. The molecular weight excluding hydrogens is 301 g/mol. The summed E-state index contributed by atoms with van der Waals surface area (Å²) in [6.45, 7) is 0.996. The van der Waals surface area contributed by atoms with Gasteiger partial charge in [-0.1, -0.05) is 0 Å². The lowest BCUT2D eigenvalue weighted by Gasteiger charge is -2.34. The Kier molecular flexibility index (Phi) is 3.73. The number of alkyl halides is 3. The van der Waals surface area contributed by atoms with Crippen molar-refractivity contribution in [3.8, 4) is 0 Å². The van der Waals surface area contributed by atoms with Crippen molar-refractivity contribution in [1.29, 1.82) is 0 Å². The second kappa shape index (κ2) is 5.44. The van der Waals surface area contributed by atoms with Crippen molar-refractivity contribution < 1.29 is 18.0 Å². The van der Waals surface area contributed by atoms with Gasteiger partial charge >= 0.3 is 11.9 Å². The van der Waals surface area contributed by atoms with E-state index in [2.05, 4.69) is 10.2 Å². The first kappa shape index (κ1) is 15.1. The van der Waals surface area contributed by atoms with E-state index in [1.807, 2.05) is 0 Å². The molecule has 22 heavy (non-hydrogen) atoms. The molecule has 1 saturated carbocycles. The average Bonchev–Trinajstić information content (AvgIpc) is 2.87. The van der Waals surface area contributed by atoms with Crippen LogP contribution in [0, 0.1) is 11.8 Å². The average molecular weight is 318 g/mol. The smallest absolute Gasteiger partial charge is 0.333 e. The van der Waals surface area contributed by atoms with Crippen LogP contribution < -0.4 is 5.69 Å². The molecule has 1 fully saturated rings. The molecule has 3 rings (SSSR count). The number of nitrogens with one attached hydrogen (secondary N) is 1. The van der Waals surface area contributed by atoms with Crippen molar-refractivity contribution in [2.75, 3.05) is 6.54 Å². The van der Waals surface area contributed by atoms with Gasteiger partial charge in [-0.3, -0.25) is 9.36 Å². The second-order valence-electron chi connectivity index (χ2n) is 5.95. The summed E-state index contributed by atoms with van der Waals surface area (Å²) < 4.78 is 39.4. The molecule has 2 heterocycles. The minimum absolute atomic E-state index is 0.0147. The maximum absolute atomic E-state index is 12.7. The van der Waals surface area contributed by atoms with Gasteiger partial charge in [-0.15, -0.1) is 0 Å². The zero-order valence-corrected chi connectivity index (χ0v) is 11.9. The van der Waals surface area contributed by atoms with Crippen molar-refractivity contribution in [2.24, 2.45) is 11.8 Å². The Balaban J connectivity index is 1.61. The van der Waals surface area contributed by atoms with E-state index >= 15 is 0 Å². The summed E-state index contributed by atoms with van der Waals surface area (Å²) in [4.78, 5) is 25.4. The van der Waals surface area contributed by atoms with Gasteiger partial charge in [0, 0.05) is 19.0 Å². The van der Waals surface area contributed by atoms with E-state index in [4.69, 9.17) is 0 Å². The third-order valence-corrected chi connectivity index (χ3v) is 4.61. The largest absolute Gasteiger partial charge is 0.391 e. The van der Waals surface area contributed by atoms with Crippen LogP contribution in [0.3, 0.4) is 0 Å². The summed E-state index contributed by atoms with van der Waals surface area (Å²) in [5.74, 6) is -1.26. The lowest BCUT2D eigenvalue weighted by atomic mass is 9.81. The topological polar surface area (TPSA) is 71.0 Å². The normalized spacial score (nSPS) is 25.9. The number of carbonyl (C=O) groups is 1. The van der Waals surface area contributed by atoms with Gasteiger partial charge in [0.1, 0.15) is 0 Å². The van der Waals surface area contributed by atoms with E-state index in [0.717, 1.165) is 0 Å². The van der Waals surface area contributed by atoms with Crippen LogP contribution >= 0.6 is 0 Å². The third-order valence-electron chi connectivity index (χ3n) is 4.61. The first-order valence-corrected chi connectivity index (χ1v) is 7.36. The Morgan fingerprint density at radius 2 is 1.86 bits per heavy atom. The van der Waals surface area contributed by atoms with Gasteiger partial charge in [-0.25, -0.2) is 9.89 Å². The van der Waals surface area contributed by atoms with E-state index < -0.39 is 12.1 Å². The van der Waals surface area contributed by atoms with Crippen molar-refractivity contribution >= 4 is 5.91 Å². The van der Waals surface area contributed by atoms with E-state index in [0.29, 0.717) is 18.9 Å². The fourth-order valence-corrected chi connectivity index (χ4v) is 3.29. The van der Waals surface area contributed by atoms with Gasteiger partial charge in [-0.2, -0.15) is 18.3 Å². The summed E-state index contributed by atoms with van der Waals surface area (Å²) in [6.07, 6.45) is -3.59. The zero-order valence-electron chi connectivity index (χ0n) is 11.9. The lowest BCUT2D eigenvalue weighted by Crippen LogP contribution is -2.44. The highest BCUT2D eigenvalue weighted by molar-refractivity contribution is 5.79. The van der Waals surface area contributed by atoms with Gasteiger partial charge in [0.05, 0.1) is 12.5 Å². The van der Waals surface area contributed by atoms with Crippen molar-refractivity contribution in [1.82, 2.24) is 19.7 Å². The van der Waals surface area contributed by atoms with Gasteiger partial charge in [-0.05, 0) is 25.7 Å². The summed E-state index contributed by atoms with van der Waals surface area (Å²) in [5.41, 5.74) is -0.298. The predicted octanol–water partition coefficient (Wildman–Crippen LogP) is 1.28. The molecule has 0 unspecified atom stereocenters. The zero-order chi connectivity index (χ0) is 15.9. The minimum Gasteiger partial charge on any atom is -0.333 e. The predicted molar refractivity (Wildman–Crippen MR) is 69.8 cm³/mol. The highest BCUT2D eigenvalue weighted by Crippen LogP contribution is 2.40. The number of halogens is 3. The van der Waals surface area contributed by atoms with Crippen LogP contribution in [0.5, 0.6) is 0 Å². The van der Waals surface area contributed by atoms with Crippen LogP contribution in [-0.4, -0.2) is 38.3 Å². The fraction of sp³-hybridized carbons (Fsp3) is 0.769. The number of hydrogen-bond acceptors (Lipinski definition) is 3. The van der Waals surface area contributed by atoms with Crippen molar-refractivity contribution in [3.05, 3.63) is 16.3 Å². The number of hydrogen-bond donors (Lipinski definition) is 1. The van der Waals surface area contributed by atoms with E-state index in [-0.39, 0.29) is 49.7 Å². The van der Waals surface area contributed by atoms with Crippen LogP contribution in [-0.2, 0) is 17.9 Å². The maximum atomic E-state index is 12.7. The molecule has 1 N–H and O–H groups in total. The number of nitrogens with zero attached hydrogens (tertiary/aromatic N) is 3. The van der Waals surface area contributed by atoms with E-state index in [1.165, 1.54) is 4.57 Å². The molecule has 0 aromatic carbocycles. The molecule has 1 aromatic rings. The number of aromatic amines is 1. The van der Waals surface area contributed by atoms with Crippen LogP contribution in [0.2, 0.25) is 0 Å². The molecule has 1 amide bonds. The quantitative estimate of drug-likeness (QED) is 0.848. The monoisotopic (exact) mass is 318 g/mol. The number of amides is 1. The first-order chi connectivity index (χ1) is 10.4. The third kappa shape index (κ3) is 2.76. The van der Waals surface area contributed by atoms with Gasteiger partial charge < -0.3 is 4.90 Å². The van der Waals surface area contributed by atoms with Crippen LogP contribution in [0.15, 0.2) is 4.79 Å². The number of rotatable bonds is 1. The number of fused-ring (bicyclic) bond motifs is 1. The molecule has 6 nitrogen and oxygen atoms in total. The summed E-state index contributed by atoms with van der Waals surface area (Å²) in [7, 11) is 0. The van der Waals surface area contributed by atoms with Crippen molar-refractivity contribution in [2.45, 2.75) is 44.9 Å². The molecule has 2 aliphatic rings. The summed E-state index contributed by atoms with van der Waals surface area (Å²) >= 11 is 0. The Labute approximate surface area is 124 Å². The fourth-order valence-electron chi connectivity index (χ4n) is 3.29. The molecule has 122 valence electrons. The Morgan fingerprint density at radius 3 is 2.50 bits per heavy atom. The van der Waals surface area contributed by atoms with Crippen LogP contribution in [0.4, 0.5) is 13.2 Å². The molecule has 1 aliphatic heterocycles. The van der Waals surface area contributed by atoms with Crippen LogP contribution in [0.1, 0.15) is 31.5 Å². The van der Waals surface area contributed by atoms with Crippen molar-refractivity contribution in [3.63, 3.8) is 0 Å². The highest BCUT2D eigenvalue weighted by Gasteiger charge is 2.43. The molecule has 0 saturated heterocycles. The molecule has 1 aromatic heterocycles. The Hall–Kier alpha value is -1.80. The van der Waals surface area contributed by atoms with E-state index in [1.54, 1.807) is 4.90 Å². The molecular formula is C13H17F3N4O2. The molecule has 9 heteroatoms. The van der Waals surface area contributed by atoms with Gasteiger partial charge in [0.15, 0.2) is 5.82 Å². The van der Waals surface area contributed by atoms with Crippen LogP contribution in [0.25, 0.3) is 0 Å². The molecule has 0 bridgehead atoms. The van der Waals surface area contributed by atoms with E-state index in [9.17, 15) is 22.8 Å². The number of carbonyl (C=O) groups excluding carboxylic acids is 1. The standard InChI is InChI=1S/C13H17F3N4O2/c14-13(15,16)9-3-1-8(2-4-9)11(21)19-5-6-20-10(7-19)17-18-12(20)22/h8-9H,1-7H2,(H,18,22). The first-order valence-electron chi connectivity index (χ1n) is 7.36. The highest BCUT2D eigenvalue weighted by atomic mass is 19.4.